The molecule has 1 aliphatic heterocycles. The largest absolute Gasteiger partial charge is 0.494 e. The molecule has 0 bridgehead atoms. The van der Waals surface area contributed by atoms with Crippen molar-refractivity contribution in [1.82, 2.24) is 15.3 Å². The molecule has 2 aromatic carbocycles. The Labute approximate surface area is 257 Å². The zero-order valence-electron chi connectivity index (χ0n) is 23.6. The van der Waals surface area contributed by atoms with Crippen LogP contribution in [0, 0.1) is 12.7 Å². The van der Waals surface area contributed by atoms with Crippen LogP contribution < -0.4 is 20.5 Å². The molecule has 5 rings (SSSR count). The second-order valence-electron chi connectivity index (χ2n) is 10.5. The van der Waals surface area contributed by atoms with Gasteiger partial charge in [0, 0.05) is 22.1 Å². The Balaban J connectivity index is 1.60. The molecule has 1 aliphatic rings. The summed E-state index contributed by atoms with van der Waals surface area (Å²) in [5, 5.41) is 13.9. The number of halogens is 6. The van der Waals surface area contributed by atoms with Gasteiger partial charge in [-0.2, -0.15) is 13.2 Å². The fourth-order valence-corrected chi connectivity index (χ4v) is 5.12. The summed E-state index contributed by atoms with van der Waals surface area (Å²) in [6, 6.07) is 9.12. The van der Waals surface area contributed by atoms with Gasteiger partial charge in [-0.05, 0) is 55.5 Å². The molecule has 0 aliphatic carbocycles. The van der Waals surface area contributed by atoms with Crippen LogP contribution in [0.25, 0.3) is 22.2 Å². The molecule has 0 fully saturated rings. The molecule has 1 unspecified atom stereocenters. The highest BCUT2D eigenvalue weighted by Gasteiger charge is 2.58. The number of carbonyl (C=O) groups excluding carboxylic acids is 2. The number of methoxy groups -OCH3 is 1. The Bertz CT molecular complexity index is 1840. The van der Waals surface area contributed by atoms with Crippen molar-refractivity contribution < 1.29 is 46.1 Å². The number of ether oxygens (including phenoxy) is 2. The van der Waals surface area contributed by atoms with Crippen molar-refractivity contribution in [2.24, 2.45) is 5.73 Å². The van der Waals surface area contributed by atoms with Gasteiger partial charge in [-0.1, -0.05) is 11.6 Å². The van der Waals surface area contributed by atoms with Gasteiger partial charge >= 0.3 is 6.18 Å². The minimum Gasteiger partial charge on any atom is -0.494 e. The highest BCUT2D eigenvalue weighted by atomic mass is 35.5. The fourth-order valence-electron chi connectivity index (χ4n) is 4.96. The van der Waals surface area contributed by atoms with Crippen LogP contribution >= 0.6 is 11.6 Å². The molecule has 2 amide bonds. The molecule has 0 spiro atoms. The second-order valence-corrected chi connectivity index (χ2v) is 10.9. The predicted molar refractivity (Wildman–Crippen MR) is 152 cm³/mol. The van der Waals surface area contributed by atoms with Crippen molar-refractivity contribution in [2.75, 3.05) is 26.9 Å². The number of hydrogen-bond donors (Lipinski definition) is 3. The second kappa shape index (κ2) is 11.4. The van der Waals surface area contributed by atoms with E-state index in [1.165, 1.54) is 37.4 Å². The predicted octanol–water partition coefficient (Wildman–Crippen LogP) is 4.67. The molecule has 45 heavy (non-hydrogen) atoms. The molecule has 0 saturated heterocycles. The lowest BCUT2D eigenvalue weighted by Crippen LogP contribution is -2.52. The molecule has 0 saturated carbocycles. The number of alkyl halides is 4. The van der Waals surface area contributed by atoms with Gasteiger partial charge < -0.3 is 25.6 Å². The molecule has 236 valence electrons. The van der Waals surface area contributed by atoms with Crippen LogP contribution in [0.15, 0.2) is 48.5 Å². The number of nitrogens with two attached hydrogens (primary N) is 1. The van der Waals surface area contributed by atoms with Crippen LogP contribution in [-0.4, -0.2) is 60.0 Å². The standard InChI is InChI=1S/C30H24ClF5N4O5/c1-14-20(31)8-16-7-17(9-21(44-2)23(16)39-14)26(41)38-12-29(43,30(34,35)36)22-10-19-25(45-13-28(19,11-32)27(37)42)24(40-22)15-3-5-18(33)6-4-15/h3-10,43H,11-13H2,1-2H3,(H2,37,42)(H,38,41)/t28-,29?/m0/s1. The number of nitrogens with one attached hydrogen (secondary N) is 1. The Morgan fingerprint density at radius 1 is 1.16 bits per heavy atom. The third-order valence-corrected chi connectivity index (χ3v) is 8.04. The SMILES string of the molecule is COc1cc(C(=O)NCC(O)(c2cc3c(c(-c4ccc(F)cc4)n2)OC[C@]3(CF)C(N)=O)C(F)(F)F)cc2cc(Cl)c(C)nc12. The van der Waals surface area contributed by atoms with Crippen molar-refractivity contribution in [3.63, 3.8) is 0 Å². The third kappa shape index (κ3) is 5.37. The van der Waals surface area contributed by atoms with Crippen LogP contribution in [0.1, 0.15) is 27.3 Å². The van der Waals surface area contributed by atoms with Crippen molar-refractivity contribution in [3.05, 3.63) is 81.9 Å². The zero-order chi connectivity index (χ0) is 32.9. The first-order chi connectivity index (χ1) is 21.1. The zero-order valence-corrected chi connectivity index (χ0v) is 24.3. The Hall–Kier alpha value is -4.56. The van der Waals surface area contributed by atoms with Crippen LogP contribution in [-0.2, 0) is 15.8 Å². The van der Waals surface area contributed by atoms with E-state index in [9.17, 15) is 36.6 Å². The highest BCUT2D eigenvalue weighted by molar-refractivity contribution is 6.31. The van der Waals surface area contributed by atoms with Crippen molar-refractivity contribution >= 4 is 34.3 Å². The number of primary amides is 1. The number of hydrogen-bond acceptors (Lipinski definition) is 7. The molecule has 4 aromatic rings. The average Bonchev–Trinajstić information content (AvgIpc) is 3.39. The lowest BCUT2D eigenvalue weighted by molar-refractivity contribution is -0.265. The van der Waals surface area contributed by atoms with Gasteiger partial charge in [-0.3, -0.25) is 9.59 Å². The van der Waals surface area contributed by atoms with Crippen LogP contribution in [0.5, 0.6) is 11.5 Å². The number of benzene rings is 2. The van der Waals surface area contributed by atoms with E-state index in [1.807, 2.05) is 0 Å². The number of amides is 2. The van der Waals surface area contributed by atoms with E-state index < -0.39 is 65.9 Å². The third-order valence-electron chi connectivity index (χ3n) is 7.66. The monoisotopic (exact) mass is 650 g/mol. The van der Waals surface area contributed by atoms with E-state index in [0.717, 1.165) is 12.1 Å². The summed E-state index contributed by atoms with van der Waals surface area (Å²) in [6.07, 6.45) is -5.47. The first-order valence-electron chi connectivity index (χ1n) is 13.2. The number of fused-ring (bicyclic) bond motifs is 2. The molecule has 3 heterocycles. The van der Waals surface area contributed by atoms with Gasteiger partial charge in [0.2, 0.25) is 11.5 Å². The quantitative estimate of drug-likeness (QED) is 0.236. The van der Waals surface area contributed by atoms with Crippen LogP contribution in [0.2, 0.25) is 5.02 Å². The van der Waals surface area contributed by atoms with Gasteiger partial charge in [0.1, 0.15) is 47.2 Å². The first kappa shape index (κ1) is 31.9. The number of pyridine rings is 2. The summed E-state index contributed by atoms with van der Waals surface area (Å²) in [6.45, 7) is -1.90. The lowest BCUT2D eigenvalue weighted by Gasteiger charge is -2.31. The maximum absolute atomic E-state index is 14.7. The maximum Gasteiger partial charge on any atom is 0.424 e. The van der Waals surface area contributed by atoms with Crippen LogP contribution in [0.4, 0.5) is 22.0 Å². The van der Waals surface area contributed by atoms with E-state index in [2.05, 4.69) is 15.3 Å². The number of carbonyl (C=O) groups is 2. The van der Waals surface area contributed by atoms with Crippen molar-refractivity contribution in [3.8, 4) is 22.8 Å². The van der Waals surface area contributed by atoms with Gasteiger partial charge in [0.15, 0.2) is 0 Å². The average molecular weight is 651 g/mol. The molecule has 2 atom stereocenters. The summed E-state index contributed by atoms with van der Waals surface area (Å²) in [4.78, 5) is 33.9. The van der Waals surface area contributed by atoms with Gasteiger partial charge in [0.25, 0.3) is 5.91 Å². The summed E-state index contributed by atoms with van der Waals surface area (Å²) in [5.41, 5.74) is -1.72. The molecule has 2 aromatic heterocycles. The lowest BCUT2D eigenvalue weighted by atomic mass is 9.81. The number of nitrogens with zero attached hydrogens (tertiary/aromatic N) is 2. The topological polar surface area (TPSA) is 137 Å². The number of rotatable bonds is 8. The summed E-state index contributed by atoms with van der Waals surface area (Å²) in [5.74, 6) is -3.06. The number of aromatic nitrogens is 2. The van der Waals surface area contributed by atoms with E-state index in [4.69, 9.17) is 26.8 Å². The number of aliphatic hydroxyl groups is 1. The number of aryl methyl sites for hydroxylation is 1. The van der Waals surface area contributed by atoms with Crippen molar-refractivity contribution in [2.45, 2.75) is 24.1 Å². The van der Waals surface area contributed by atoms with Gasteiger partial charge in [-0.25, -0.2) is 18.7 Å². The Morgan fingerprint density at radius 3 is 2.44 bits per heavy atom. The minimum atomic E-state index is -5.47. The molecule has 15 heteroatoms. The fraction of sp³-hybridized carbons (Fsp3) is 0.267. The van der Waals surface area contributed by atoms with E-state index in [-0.39, 0.29) is 33.3 Å². The first-order valence-corrected chi connectivity index (χ1v) is 13.6. The Kier molecular flexibility index (Phi) is 8.08. The Morgan fingerprint density at radius 2 is 1.84 bits per heavy atom. The van der Waals surface area contributed by atoms with E-state index >= 15 is 0 Å². The van der Waals surface area contributed by atoms with Crippen molar-refractivity contribution in [1.29, 1.82) is 0 Å². The van der Waals surface area contributed by atoms with E-state index in [0.29, 0.717) is 22.7 Å². The maximum atomic E-state index is 14.7. The van der Waals surface area contributed by atoms with Gasteiger partial charge in [0.05, 0.1) is 30.1 Å². The molecular weight excluding hydrogens is 627 g/mol. The van der Waals surface area contributed by atoms with Gasteiger partial charge in [-0.15, -0.1) is 0 Å². The molecule has 0 radical (unpaired) electrons. The molecule has 4 N–H and O–H groups in total. The normalized spacial score (nSPS) is 17.4. The molecular formula is C30H24ClF5N4O5. The van der Waals surface area contributed by atoms with Crippen LogP contribution in [0.3, 0.4) is 0 Å². The molecule has 9 nitrogen and oxygen atoms in total. The minimum absolute atomic E-state index is 0.0351. The summed E-state index contributed by atoms with van der Waals surface area (Å²) in [7, 11) is 1.32. The van der Waals surface area contributed by atoms with E-state index in [1.54, 1.807) is 6.92 Å². The summed E-state index contributed by atoms with van der Waals surface area (Å²) >= 11 is 6.16. The highest BCUT2D eigenvalue weighted by Crippen LogP contribution is 2.48. The smallest absolute Gasteiger partial charge is 0.424 e. The summed E-state index contributed by atoms with van der Waals surface area (Å²) < 4.78 is 82.9.